The molecular formula is C36H37N3O5. The predicted molar refractivity (Wildman–Crippen MR) is 172 cm³/mol. The van der Waals surface area contributed by atoms with Gasteiger partial charge in [0.05, 0.1) is 43.5 Å². The van der Waals surface area contributed by atoms with Crippen LogP contribution in [0.1, 0.15) is 47.2 Å². The minimum Gasteiger partial charge on any atom is -0.494 e. The third kappa shape index (κ3) is 6.29. The van der Waals surface area contributed by atoms with E-state index in [2.05, 4.69) is 0 Å². The van der Waals surface area contributed by atoms with Crippen LogP contribution in [0.5, 0.6) is 17.2 Å². The molecule has 8 heteroatoms. The van der Waals surface area contributed by atoms with Crippen molar-refractivity contribution in [2.75, 3.05) is 27.4 Å². The first-order chi connectivity index (χ1) is 21.3. The number of carbonyl (C=O) groups is 1. The van der Waals surface area contributed by atoms with Crippen molar-refractivity contribution in [3.8, 4) is 22.9 Å². The van der Waals surface area contributed by atoms with Gasteiger partial charge in [0.2, 0.25) is 0 Å². The Bertz CT molecular complexity index is 1810. The summed E-state index contributed by atoms with van der Waals surface area (Å²) in [6.07, 6.45) is 0.545. The van der Waals surface area contributed by atoms with E-state index in [9.17, 15) is 9.59 Å². The van der Waals surface area contributed by atoms with E-state index in [4.69, 9.17) is 19.2 Å². The van der Waals surface area contributed by atoms with Gasteiger partial charge < -0.3 is 19.1 Å². The van der Waals surface area contributed by atoms with Gasteiger partial charge in [-0.25, -0.2) is 4.98 Å². The topological polar surface area (TPSA) is 82.9 Å². The second-order valence-corrected chi connectivity index (χ2v) is 10.5. The number of ether oxygens (including phenoxy) is 3. The average molecular weight is 592 g/mol. The van der Waals surface area contributed by atoms with Crippen molar-refractivity contribution in [1.29, 1.82) is 0 Å². The van der Waals surface area contributed by atoms with Gasteiger partial charge in [-0.05, 0) is 93.4 Å². The lowest BCUT2D eigenvalue weighted by atomic mass is 10.1. The first-order valence-electron chi connectivity index (χ1n) is 14.7. The average Bonchev–Trinajstić information content (AvgIpc) is 3.05. The van der Waals surface area contributed by atoms with Gasteiger partial charge in [-0.3, -0.25) is 14.2 Å². The van der Waals surface area contributed by atoms with Crippen molar-refractivity contribution in [1.82, 2.24) is 14.5 Å². The van der Waals surface area contributed by atoms with Crippen LogP contribution in [0.15, 0.2) is 95.8 Å². The molecule has 0 N–H and O–H groups in total. The lowest BCUT2D eigenvalue weighted by molar-refractivity contribution is 0.0683. The van der Waals surface area contributed by atoms with Crippen LogP contribution in [0, 0.1) is 6.92 Å². The third-order valence-corrected chi connectivity index (χ3v) is 7.70. The van der Waals surface area contributed by atoms with Crippen LogP contribution in [-0.4, -0.2) is 47.7 Å². The fourth-order valence-corrected chi connectivity index (χ4v) is 5.30. The molecule has 1 atom stereocenters. The molecule has 0 spiro atoms. The second-order valence-electron chi connectivity index (χ2n) is 10.5. The number of nitrogens with zero attached hydrogens (tertiary/aromatic N) is 3. The maximum atomic E-state index is 14.2. The van der Waals surface area contributed by atoms with Crippen molar-refractivity contribution in [3.05, 3.63) is 124 Å². The first-order valence-corrected chi connectivity index (χ1v) is 14.7. The molecule has 0 radical (unpaired) electrons. The van der Waals surface area contributed by atoms with Crippen LogP contribution < -0.4 is 19.8 Å². The Kier molecular flexibility index (Phi) is 9.29. The summed E-state index contributed by atoms with van der Waals surface area (Å²) in [6.45, 7) is 6.74. The molecule has 44 heavy (non-hydrogen) atoms. The minimum atomic E-state index is -0.562. The van der Waals surface area contributed by atoms with Crippen molar-refractivity contribution >= 4 is 16.8 Å². The van der Waals surface area contributed by atoms with E-state index in [-0.39, 0.29) is 11.5 Å². The molecule has 1 aromatic heterocycles. The molecule has 1 heterocycles. The Morgan fingerprint density at radius 1 is 0.909 bits per heavy atom. The zero-order valence-electron chi connectivity index (χ0n) is 25.7. The van der Waals surface area contributed by atoms with Crippen LogP contribution in [0.2, 0.25) is 0 Å². The maximum Gasteiger partial charge on any atom is 0.266 e. The van der Waals surface area contributed by atoms with Gasteiger partial charge in [0.1, 0.15) is 11.6 Å². The molecule has 0 aliphatic rings. The summed E-state index contributed by atoms with van der Waals surface area (Å²) in [5, 5.41) is 0.499. The highest BCUT2D eigenvalue weighted by Gasteiger charge is 2.28. The van der Waals surface area contributed by atoms with Crippen molar-refractivity contribution in [2.45, 2.75) is 33.2 Å². The molecule has 5 rings (SSSR count). The molecule has 1 unspecified atom stereocenters. The lowest BCUT2D eigenvalue weighted by Crippen LogP contribution is -2.38. The molecular weight excluding hydrogens is 554 g/mol. The Morgan fingerprint density at radius 3 is 2.30 bits per heavy atom. The van der Waals surface area contributed by atoms with E-state index >= 15 is 0 Å². The molecule has 0 saturated carbocycles. The van der Waals surface area contributed by atoms with Gasteiger partial charge in [0.15, 0.2) is 11.5 Å². The summed E-state index contributed by atoms with van der Waals surface area (Å²) < 4.78 is 18.2. The zero-order chi connectivity index (χ0) is 31.2. The van der Waals surface area contributed by atoms with Gasteiger partial charge in [-0.2, -0.15) is 0 Å². The molecule has 226 valence electrons. The molecule has 0 bridgehead atoms. The Labute approximate surface area is 257 Å². The summed E-state index contributed by atoms with van der Waals surface area (Å²) in [5.41, 5.74) is 3.61. The fourth-order valence-electron chi connectivity index (χ4n) is 5.30. The predicted octanol–water partition coefficient (Wildman–Crippen LogP) is 6.56. The number of para-hydroxylation sites is 1. The van der Waals surface area contributed by atoms with Gasteiger partial charge in [-0.15, -0.1) is 0 Å². The maximum absolute atomic E-state index is 14.2. The number of hydrogen-bond donors (Lipinski definition) is 0. The van der Waals surface area contributed by atoms with E-state index in [0.717, 1.165) is 11.1 Å². The molecule has 1 amide bonds. The van der Waals surface area contributed by atoms with E-state index in [1.807, 2.05) is 106 Å². The molecule has 4 aromatic carbocycles. The SMILES string of the molecule is CCOc1ccc(-n2c(C(C)N(CCc3ccc(OC)c(OC)c3)C(=O)c3ccc(C)cc3)nc3ccccc3c2=O)cc1. The number of aromatic nitrogens is 2. The van der Waals surface area contributed by atoms with E-state index in [0.29, 0.717) is 64.8 Å². The fraction of sp³-hybridized carbons (Fsp3) is 0.250. The number of amides is 1. The number of fused-ring (bicyclic) bond motifs is 1. The molecule has 5 aromatic rings. The number of aryl methyl sites for hydroxylation is 1. The van der Waals surface area contributed by atoms with Crippen molar-refractivity contribution in [2.24, 2.45) is 0 Å². The molecule has 0 fully saturated rings. The van der Waals surface area contributed by atoms with Crippen LogP contribution in [-0.2, 0) is 6.42 Å². The molecule has 0 aliphatic heterocycles. The molecule has 0 aliphatic carbocycles. The molecule has 0 saturated heterocycles. The van der Waals surface area contributed by atoms with Crippen molar-refractivity contribution < 1.29 is 19.0 Å². The largest absolute Gasteiger partial charge is 0.494 e. The lowest BCUT2D eigenvalue weighted by Gasteiger charge is -2.31. The highest BCUT2D eigenvalue weighted by atomic mass is 16.5. The van der Waals surface area contributed by atoms with E-state index in [1.54, 1.807) is 29.8 Å². The van der Waals surface area contributed by atoms with Crippen LogP contribution >= 0.6 is 0 Å². The first kappa shape index (κ1) is 30.4. The number of carbonyl (C=O) groups excluding carboxylic acids is 1. The smallest absolute Gasteiger partial charge is 0.266 e. The highest BCUT2D eigenvalue weighted by Crippen LogP contribution is 2.29. The minimum absolute atomic E-state index is 0.154. The number of hydrogen-bond acceptors (Lipinski definition) is 6. The summed E-state index contributed by atoms with van der Waals surface area (Å²) >= 11 is 0. The van der Waals surface area contributed by atoms with Crippen LogP contribution in [0.3, 0.4) is 0 Å². The van der Waals surface area contributed by atoms with Gasteiger partial charge in [-0.1, -0.05) is 35.9 Å². The summed E-state index contributed by atoms with van der Waals surface area (Å²) in [4.78, 5) is 35.0. The number of rotatable bonds is 11. The quantitative estimate of drug-likeness (QED) is 0.173. The van der Waals surface area contributed by atoms with Crippen LogP contribution in [0.4, 0.5) is 0 Å². The molecule has 8 nitrogen and oxygen atoms in total. The number of benzene rings is 4. The highest BCUT2D eigenvalue weighted by molar-refractivity contribution is 5.94. The standard InChI is InChI=1S/C36H37N3O5/c1-6-44-29-18-16-28(17-19-29)39-34(37-31-10-8-7-9-30(31)36(39)41)25(3)38(35(40)27-14-11-24(2)12-15-27)22-21-26-13-20-32(42-4)33(23-26)43-5/h7-20,23,25H,6,21-22H2,1-5H3. The third-order valence-electron chi connectivity index (χ3n) is 7.70. The van der Waals surface area contributed by atoms with Gasteiger partial charge in [0.25, 0.3) is 11.5 Å². The monoisotopic (exact) mass is 591 g/mol. The van der Waals surface area contributed by atoms with Gasteiger partial charge >= 0.3 is 0 Å². The van der Waals surface area contributed by atoms with E-state index < -0.39 is 6.04 Å². The van der Waals surface area contributed by atoms with Gasteiger partial charge in [0, 0.05) is 12.1 Å². The normalized spacial score (nSPS) is 11.7. The summed E-state index contributed by atoms with van der Waals surface area (Å²) in [7, 11) is 3.20. The zero-order valence-corrected chi connectivity index (χ0v) is 25.7. The summed E-state index contributed by atoms with van der Waals surface area (Å²) in [6, 6.07) is 27.3. The Morgan fingerprint density at radius 2 is 1.61 bits per heavy atom. The number of methoxy groups -OCH3 is 2. The van der Waals surface area contributed by atoms with E-state index in [1.165, 1.54) is 0 Å². The van der Waals surface area contributed by atoms with Crippen LogP contribution in [0.25, 0.3) is 16.6 Å². The summed E-state index contributed by atoms with van der Waals surface area (Å²) in [5.74, 6) is 2.27. The van der Waals surface area contributed by atoms with Crippen molar-refractivity contribution in [3.63, 3.8) is 0 Å². The second kappa shape index (κ2) is 13.5. The Balaban J connectivity index is 1.61. The Hall–Kier alpha value is -5.11.